The maximum atomic E-state index is 14.2. The molecule has 28 heavy (non-hydrogen) atoms. The second kappa shape index (κ2) is 8.99. The molecule has 0 saturated heterocycles. The van der Waals surface area contributed by atoms with Crippen molar-refractivity contribution in [3.05, 3.63) is 59.2 Å². The molecule has 0 radical (unpaired) electrons. The van der Waals surface area contributed by atoms with Crippen molar-refractivity contribution >= 4 is 5.78 Å². The normalized spacial score (nSPS) is 13.5. The van der Waals surface area contributed by atoms with Crippen LogP contribution in [-0.4, -0.2) is 19.0 Å². The Morgan fingerprint density at radius 3 is 1.39 bits per heavy atom. The molecule has 0 aliphatic carbocycles. The highest BCUT2D eigenvalue weighted by Crippen LogP contribution is 2.32. The van der Waals surface area contributed by atoms with Gasteiger partial charge in [-0.05, 0) is 23.3 Å². The standard InChI is InChI=1S/C19H16F6O3/c1-9(13-5-3-11(7-15(13)20)27-18(22)23)17(26)10(2)14-6-4-12(8-16(14)21)28-19(24)25/h3-10,18-19H,1-2H3. The van der Waals surface area contributed by atoms with E-state index in [1.807, 2.05) is 0 Å². The van der Waals surface area contributed by atoms with Crippen molar-refractivity contribution < 1.29 is 40.6 Å². The predicted octanol–water partition coefficient (Wildman–Crippen LogP) is 5.64. The summed E-state index contributed by atoms with van der Waals surface area (Å²) in [6.07, 6.45) is 0. The Kier molecular flexibility index (Phi) is 6.93. The van der Waals surface area contributed by atoms with Crippen LogP contribution in [0.1, 0.15) is 36.8 Å². The zero-order chi connectivity index (χ0) is 21.0. The van der Waals surface area contributed by atoms with Crippen molar-refractivity contribution in [2.45, 2.75) is 38.9 Å². The average molecular weight is 406 g/mol. The quantitative estimate of drug-likeness (QED) is 0.532. The van der Waals surface area contributed by atoms with E-state index in [-0.39, 0.29) is 11.1 Å². The minimum absolute atomic E-state index is 0.0727. The fraction of sp³-hybridized carbons (Fsp3) is 0.316. The van der Waals surface area contributed by atoms with Crippen LogP contribution < -0.4 is 9.47 Å². The second-order valence-electron chi connectivity index (χ2n) is 5.97. The molecule has 2 rings (SSSR count). The Morgan fingerprint density at radius 2 is 1.11 bits per heavy atom. The zero-order valence-electron chi connectivity index (χ0n) is 14.8. The topological polar surface area (TPSA) is 35.5 Å². The van der Waals surface area contributed by atoms with E-state index in [0.717, 1.165) is 36.4 Å². The highest BCUT2D eigenvalue weighted by molar-refractivity contribution is 5.91. The lowest BCUT2D eigenvalue weighted by Crippen LogP contribution is -2.18. The molecule has 9 heteroatoms. The number of ether oxygens (including phenoxy) is 2. The third-order valence-electron chi connectivity index (χ3n) is 4.18. The minimum atomic E-state index is -3.12. The Labute approximate surface area is 156 Å². The maximum Gasteiger partial charge on any atom is 0.387 e. The number of rotatable bonds is 8. The predicted molar refractivity (Wildman–Crippen MR) is 87.9 cm³/mol. The molecule has 0 aliphatic heterocycles. The molecule has 3 nitrogen and oxygen atoms in total. The van der Waals surface area contributed by atoms with Gasteiger partial charge >= 0.3 is 13.2 Å². The molecule has 2 aromatic carbocycles. The molecule has 0 N–H and O–H groups in total. The summed E-state index contributed by atoms with van der Waals surface area (Å²) in [5.41, 5.74) is -0.145. The largest absolute Gasteiger partial charge is 0.435 e. The number of carbonyl (C=O) groups is 1. The van der Waals surface area contributed by atoms with Gasteiger partial charge in [0.15, 0.2) is 0 Å². The number of Topliss-reactive ketones (excluding diaryl/α,β-unsaturated/α-hetero) is 1. The van der Waals surface area contributed by atoms with E-state index in [1.165, 1.54) is 13.8 Å². The van der Waals surface area contributed by atoms with E-state index in [2.05, 4.69) is 9.47 Å². The van der Waals surface area contributed by atoms with Gasteiger partial charge in [-0.1, -0.05) is 26.0 Å². The van der Waals surface area contributed by atoms with Crippen LogP contribution in [-0.2, 0) is 4.79 Å². The van der Waals surface area contributed by atoms with Crippen LogP contribution in [0.4, 0.5) is 26.3 Å². The Hall–Kier alpha value is -2.71. The second-order valence-corrected chi connectivity index (χ2v) is 5.97. The molecule has 0 aromatic heterocycles. The number of carbonyl (C=O) groups excluding carboxylic acids is 1. The molecule has 0 spiro atoms. The fourth-order valence-corrected chi connectivity index (χ4v) is 2.75. The van der Waals surface area contributed by atoms with Crippen LogP contribution in [0.5, 0.6) is 11.5 Å². The summed E-state index contributed by atoms with van der Waals surface area (Å²) in [4.78, 5) is 12.6. The lowest BCUT2D eigenvalue weighted by Gasteiger charge is -2.19. The summed E-state index contributed by atoms with van der Waals surface area (Å²) in [7, 11) is 0. The van der Waals surface area contributed by atoms with Crippen molar-refractivity contribution in [2.24, 2.45) is 0 Å². The molecular weight excluding hydrogens is 390 g/mol. The van der Waals surface area contributed by atoms with Crippen LogP contribution in [0.25, 0.3) is 0 Å². The van der Waals surface area contributed by atoms with Crippen LogP contribution in [0, 0.1) is 11.6 Å². The smallest absolute Gasteiger partial charge is 0.387 e. The lowest BCUT2D eigenvalue weighted by atomic mass is 9.85. The van der Waals surface area contributed by atoms with E-state index in [0.29, 0.717) is 0 Å². The number of alkyl halides is 4. The third kappa shape index (κ3) is 5.17. The van der Waals surface area contributed by atoms with Gasteiger partial charge in [0.25, 0.3) is 0 Å². The van der Waals surface area contributed by atoms with Gasteiger partial charge in [0.2, 0.25) is 0 Å². The van der Waals surface area contributed by atoms with Crippen molar-refractivity contribution in [1.82, 2.24) is 0 Å². The highest BCUT2D eigenvalue weighted by Gasteiger charge is 2.27. The summed E-state index contributed by atoms with van der Waals surface area (Å²) >= 11 is 0. The molecule has 0 amide bonds. The van der Waals surface area contributed by atoms with Crippen LogP contribution in [0.15, 0.2) is 36.4 Å². The monoisotopic (exact) mass is 406 g/mol. The summed E-state index contributed by atoms with van der Waals surface area (Å²) < 4.78 is 85.3. The maximum absolute atomic E-state index is 14.2. The molecule has 0 heterocycles. The molecule has 2 aromatic rings. The van der Waals surface area contributed by atoms with Gasteiger partial charge in [0, 0.05) is 24.0 Å². The van der Waals surface area contributed by atoms with Gasteiger partial charge in [0.05, 0.1) is 0 Å². The molecule has 2 unspecified atom stereocenters. The first kappa shape index (κ1) is 21.6. The van der Waals surface area contributed by atoms with Crippen LogP contribution >= 0.6 is 0 Å². The summed E-state index contributed by atoms with van der Waals surface area (Å²) in [6.45, 7) is -3.47. The van der Waals surface area contributed by atoms with Crippen LogP contribution in [0.2, 0.25) is 0 Å². The molecular formula is C19H16F6O3. The molecule has 0 saturated carbocycles. The van der Waals surface area contributed by atoms with Gasteiger partial charge < -0.3 is 9.47 Å². The minimum Gasteiger partial charge on any atom is -0.435 e. The number of hydrogen-bond acceptors (Lipinski definition) is 3. The van der Waals surface area contributed by atoms with E-state index in [4.69, 9.17) is 0 Å². The molecule has 0 aliphatic rings. The molecule has 2 atom stereocenters. The lowest BCUT2D eigenvalue weighted by molar-refractivity contribution is -0.121. The van der Waals surface area contributed by atoms with Gasteiger partial charge in [0.1, 0.15) is 28.9 Å². The van der Waals surface area contributed by atoms with E-state index in [9.17, 15) is 31.1 Å². The van der Waals surface area contributed by atoms with Gasteiger partial charge in [-0.3, -0.25) is 4.79 Å². The zero-order valence-corrected chi connectivity index (χ0v) is 14.8. The van der Waals surface area contributed by atoms with E-state index >= 15 is 0 Å². The first-order chi connectivity index (χ1) is 13.1. The first-order valence-corrected chi connectivity index (χ1v) is 8.12. The average Bonchev–Trinajstić information content (AvgIpc) is 2.59. The van der Waals surface area contributed by atoms with E-state index in [1.54, 1.807) is 0 Å². The number of benzene rings is 2. The van der Waals surface area contributed by atoms with Gasteiger partial charge in [-0.2, -0.15) is 17.6 Å². The van der Waals surface area contributed by atoms with Crippen molar-refractivity contribution in [1.29, 1.82) is 0 Å². The highest BCUT2D eigenvalue weighted by atomic mass is 19.3. The SMILES string of the molecule is CC(C(=O)C(C)c1ccc(OC(F)F)cc1F)c1ccc(OC(F)F)cc1F. The Balaban J connectivity index is 2.20. The Morgan fingerprint density at radius 1 is 0.750 bits per heavy atom. The van der Waals surface area contributed by atoms with Gasteiger partial charge in [-0.25, -0.2) is 8.78 Å². The van der Waals surface area contributed by atoms with Crippen LogP contribution in [0.3, 0.4) is 0 Å². The molecule has 0 fully saturated rings. The molecule has 0 bridgehead atoms. The van der Waals surface area contributed by atoms with Crippen molar-refractivity contribution in [2.75, 3.05) is 0 Å². The number of ketones is 1. The third-order valence-corrected chi connectivity index (χ3v) is 4.18. The number of hydrogen-bond donors (Lipinski definition) is 0. The van der Waals surface area contributed by atoms with Crippen molar-refractivity contribution in [3.63, 3.8) is 0 Å². The van der Waals surface area contributed by atoms with Crippen molar-refractivity contribution in [3.8, 4) is 11.5 Å². The Bertz CT molecular complexity index is 773. The van der Waals surface area contributed by atoms with Gasteiger partial charge in [-0.15, -0.1) is 0 Å². The fourth-order valence-electron chi connectivity index (χ4n) is 2.75. The molecule has 152 valence electrons. The summed E-state index contributed by atoms with van der Waals surface area (Å²) in [5.74, 6) is -5.24. The van der Waals surface area contributed by atoms with E-state index < -0.39 is 54.0 Å². The first-order valence-electron chi connectivity index (χ1n) is 8.12. The number of halogens is 6. The summed E-state index contributed by atoms with van der Waals surface area (Å²) in [5, 5.41) is 0. The summed E-state index contributed by atoms with van der Waals surface area (Å²) in [6, 6.07) is 5.92.